The minimum absolute atomic E-state index is 0.132. The fraction of sp³-hybridized carbons (Fsp3) is 0.455. The van der Waals surface area contributed by atoms with Crippen molar-refractivity contribution >= 4 is 23.3 Å². The van der Waals surface area contributed by atoms with Gasteiger partial charge in [-0.05, 0) is 25.5 Å². The summed E-state index contributed by atoms with van der Waals surface area (Å²) in [6.45, 7) is 4.06. The van der Waals surface area contributed by atoms with Gasteiger partial charge < -0.3 is 11.1 Å². The van der Waals surface area contributed by atoms with Gasteiger partial charge >= 0.3 is 0 Å². The highest BCUT2D eigenvalue weighted by atomic mass is 35.5. The summed E-state index contributed by atoms with van der Waals surface area (Å²) in [6.07, 6.45) is 0.676. The Morgan fingerprint density at radius 2 is 2.31 bits per heavy atom. The van der Waals surface area contributed by atoms with Gasteiger partial charge in [0.1, 0.15) is 11.0 Å². The van der Waals surface area contributed by atoms with Crippen LogP contribution in [0.15, 0.2) is 18.2 Å². The zero-order valence-electron chi connectivity index (χ0n) is 9.46. The number of nitrogens with two attached hydrogens (primary N) is 1. The van der Waals surface area contributed by atoms with Gasteiger partial charge in [-0.2, -0.15) is 0 Å². The number of aromatic nitrogens is 1. The lowest BCUT2D eigenvalue weighted by Crippen LogP contribution is -2.39. The fourth-order valence-electron chi connectivity index (χ4n) is 1.14. The van der Waals surface area contributed by atoms with E-state index in [1.165, 1.54) is 0 Å². The highest BCUT2D eigenvalue weighted by Gasteiger charge is 2.29. The van der Waals surface area contributed by atoms with E-state index >= 15 is 0 Å². The first-order valence-corrected chi connectivity index (χ1v) is 5.53. The van der Waals surface area contributed by atoms with E-state index in [1.54, 1.807) is 18.2 Å². The van der Waals surface area contributed by atoms with Crippen LogP contribution in [-0.2, 0) is 4.79 Å². The third-order valence-electron chi connectivity index (χ3n) is 2.74. The molecule has 1 atom stereocenters. The zero-order valence-corrected chi connectivity index (χ0v) is 10.2. The molecule has 3 N–H and O–H groups in total. The molecule has 1 heterocycles. The molecule has 1 aromatic heterocycles. The van der Waals surface area contributed by atoms with E-state index in [1.807, 2.05) is 13.8 Å². The Morgan fingerprint density at radius 3 is 2.81 bits per heavy atom. The molecule has 5 heteroatoms. The van der Waals surface area contributed by atoms with Crippen LogP contribution < -0.4 is 11.1 Å². The average molecular weight is 242 g/mol. The van der Waals surface area contributed by atoms with Crippen LogP contribution in [0.1, 0.15) is 20.3 Å². The number of carbonyl (C=O) groups excluding carboxylic acids is 1. The van der Waals surface area contributed by atoms with Crippen LogP contribution in [0.4, 0.5) is 5.82 Å². The molecule has 0 saturated carbocycles. The third-order valence-corrected chi connectivity index (χ3v) is 2.95. The SMILES string of the molecule is CCC(C)(CN)C(=O)Nc1cccc(Cl)n1. The Balaban J connectivity index is 2.78. The number of hydrogen-bond donors (Lipinski definition) is 2. The first-order valence-electron chi connectivity index (χ1n) is 5.16. The van der Waals surface area contributed by atoms with Crippen molar-refractivity contribution in [1.82, 2.24) is 4.98 Å². The predicted octanol–water partition coefficient (Wildman–Crippen LogP) is 2.05. The molecule has 0 spiro atoms. The van der Waals surface area contributed by atoms with Crippen LogP contribution >= 0.6 is 11.6 Å². The summed E-state index contributed by atoms with van der Waals surface area (Å²) in [5.41, 5.74) is 5.03. The highest BCUT2D eigenvalue weighted by Crippen LogP contribution is 2.21. The monoisotopic (exact) mass is 241 g/mol. The summed E-state index contributed by atoms with van der Waals surface area (Å²) >= 11 is 5.72. The first kappa shape index (κ1) is 12.9. The molecule has 0 aliphatic carbocycles. The first-order chi connectivity index (χ1) is 7.51. The van der Waals surface area contributed by atoms with Crippen LogP contribution in [-0.4, -0.2) is 17.4 Å². The number of pyridine rings is 1. The van der Waals surface area contributed by atoms with Gasteiger partial charge in [-0.1, -0.05) is 24.6 Å². The number of halogens is 1. The van der Waals surface area contributed by atoms with Crippen LogP contribution in [0.3, 0.4) is 0 Å². The molecule has 1 amide bonds. The van der Waals surface area contributed by atoms with E-state index in [-0.39, 0.29) is 5.91 Å². The largest absolute Gasteiger partial charge is 0.329 e. The lowest BCUT2D eigenvalue weighted by molar-refractivity contribution is -0.124. The van der Waals surface area contributed by atoms with Gasteiger partial charge in [-0.25, -0.2) is 4.98 Å². The van der Waals surface area contributed by atoms with Gasteiger partial charge in [-0.15, -0.1) is 0 Å². The smallest absolute Gasteiger partial charge is 0.232 e. The summed E-state index contributed by atoms with van der Waals surface area (Å²) < 4.78 is 0. The lowest BCUT2D eigenvalue weighted by atomic mass is 9.87. The maximum absolute atomic E-state index is 11.9. The molecule has 4 nitrogen and oxygen atoms in total. The van der Waals surface area contributed by atoms with Crippen molar-refractivity contribution < 1.29 is 4.79 Å². The molecular weight excluding hydrogens is 226 g/mol. The molecule has 0 saturated heterocycles. The lowest BCUT2D eigenvalue weighted by Gasteiger charge is -2.24. The van der Waals surface area contributed by atoms with E-state index in [4.69, 9.17) is 17.3 Å². The molecule has 0 radical (unpaired) electrons. The molecule has 1 aromatic rings. The van der Waals surface area contributed by atoms with Gasteiger partial charge in [-0.3, -0.25) is 4.79 Å². The number of carbonyl (C=O) groups is 1. The van der Waals surface area contributed by atoms with Gasteiger partial charge in [0.15, 0.2) is 0 Å². The summed E-state index contributed by atoms with van der Waals surface area (Å²) in [5, 5.41) is 3.06. The summed E-state index contributed by atoms with van der Waals surface area (Å²) in [6, 6.07) is 5.08. The Morgan fingerprint density at radius 1 is 1.62 bits per heavy atom. The maximum Gasteiger partial charge on any atom is 0.232 e. The van der Waals surface area contributed by atoms with Crippen molar-refractivity contribution in [2.24, 2.45) is 11.1 Å². The number of amides is 1. The van der Waals surface area contributed by atoms with Crippen LogP contribution in [0.2, 0.25) is 5.15 Å². The molecule has 0 aliphatic heterocycles. The van der Waals surface area contributed by atoms with Crippen molar-refractivity contribution in [3.63, 3.8) is 0 Å². The van der Waals surface area contributed by atoms with E-state index < -0.39 is 5.41 Å². The van der Waals surface area contributed by atoms with Gasteiger partial charge in [0.2, 0.25) is 5.91 Å². The number of hydrogen-bond acceptors (Lipinski definition) is 3. The molecule has 0 aliphatic rings. The molecule has 88 valence electrons. The van der Waals surface area contributed by atoms with Crippen LogP contribution in [0.5, 0.6) is 0 Å². The highest BCUT2D eigenvalue weighted by molar-refractivity contribution is 6.29. The number of anilines is 1. The van der Waals surface area contributed by atoms with E-state index in [0.717, 1.165) is 0 Å². The normalized spacial score (nSPS) is 14.2. The fourth-order valence-corrected chi connectivity index (χ4v) is 1.31. The summed E-state index contributed by atoms with van der Waals surface area (Å²) in [7, 11) is 0. The van der Waals surface area contributed by atoms with E-state index in [9.17, 15) is 4.79 Å². The van der Waals surface area contributed by atoms with Gasteiger partial charge in [0, 0.05) is 6.54 Å². The Hall–Kier alpha value is -1.13. The summed E-state index contributed by atoms with van der Waals surface area (Å²) in [4.78, 5) is 15.9. The standard InChI is InChI=1S/C11H16ClN3O/c1-3-11(2,7-13)10(16)15-9-6-4-5-8(12)14-9/h4-6H,3,7,13H2,1-2H3,(H,14,15,16). The zero-order chi connectivity index (χ0) is 12.2. The topological polar surface area (TPSA) is 68.0 Å². The maximum atomic E-state index is 11.9. The van der Waals surface area contributed by atoms with Crippen LogP contribution in [0, 0.1) is 5.41 Å². The van der Waals surface area contributed by atoms with E-state index in [0.29, 0.717) is 23.9 Å². The Kier molecular flexibility index (Phi) is 4.26. The third kappa shape index (κ3) is 2.93. The van der Waals surface area contributed by atoms with Crippen molar-refractivity contribution in [3.8, 4) is 0 Å². The molecule has 0 bridgehead atoms. The second-order valence-corrected chi connectivity index (χ2v) is 4.31. The van der Waals surface area contributed by atoms with Gasteiger partial charge in [0.25, 0.3) is 0 Å². The van der Waals surface area contributed by atoms with Crippen molar-refractivity contribution in [1.29, 1.82) is 0 Å². The summed E-state index contributed by atoms with van der Waals surface area (Å²) in [5.74, 6) is 0.317. The Bertz CT molecular complexity index is 377. The van der Waals surface area contributed by atoms with Crippen molar-refractivity contribution in [2.45, 2.75) is 20.3 Å². The second kappa shape index (κ2) is 5.27. The molecule has 0 aromatic carbocycles. The van der Waals surface area contributed by atoms with Crippen LogP contribution in [0.25, 0.3) is 0 Å². The quantitative estimate of drug-likeness (QED) is 0.793. The number of nitrogens with zero attached hydrogens (tertiary/aromatic N) is 1. The number of rotatable bonds is 4. The minimum atomic E-state index is -0.565. The molecule has 16 heavy (non-hydrogen) atoms. The Labute approximate surface area is 100 Å². The van der Waals surface area contributed by atoms with Crippen molar-refractivity contribution in [3.05, 3.63) is 23.4 Å². The average Bonchev–Trinajstić information content (AvgIpc) is 2.28. The molecule has 1 rings (SSSR count). The molecule has 1 unspecified atom stereocenters. The molecule has 0 fully saturated rings. The van der Waals surface area contributed by atoms with Gasteiger partial charge in [0.05, 0.1) is 5.41 Å². The second-order valence-electron chi connectivity index (χ2n) is 3.92. The van der Waals surface area contributed by atoms with E-state index in [2.05, 4.69) is 10.3 Å². The number of nitrogens with one attached hydrogen (secondary N) is 1. The predicted molar refractivity (Wildman–Crippen MR) is 65.3 cm³/mol. The minimum Gasteiger partial charge on any atom is -0.329 e. The molecular formula is C11H16ClN3O. The van der Waals surface area contributed by atoms with Crippen molar-refractivity contribution in [2.75, 3.05) is 11.9 Å².